The number of esters is 1. The standard InChI is InChI=1S/C11H13NO4/c1-8(2)11(13)16-7-9-5-3-4-6-10(9)12(14)15/h3-6,8H,7H2,1-2H3. The first-order valence-corrected chi connectivity index (χ1v) is 4.91. The van der Waals surface area contributed by atoms with E-state index in [-0.39, 0.29) is 24.2 Å². The molecule has 0 aliphatic rings. The van der Waals surface area contributed by atoms with Gasteiger partial charge in [0.15, 0.2) is 0 Å². The third kappa shape index (κ3) is 3.05. The first kappa shape index (κ1) is 12.2. The third-order valence-electron chi connectivity index (χ3n) is 2.03. The Balaban J connectivity index is 2.74. The molecule has 5 nitrogen and oxygen atoms in total. The molecular weight excluding hydrogens is 210 g/mol. The average Bonchev–Trinajstić information content (AvgIpc) is 2.25. The summed E-state index contributed by atoms with van der Waals surface area (Å²) in [5, 5.41) is 10.7. The van der Waals surface area contributed by atoms with E-state index in [1.54, 1.807) is 32.0 Å². The summed E-state index contributed by atoms with van der Waals surface area (Å²) in [5.74, 6) is -0.596. The lowest BCUT2D eigenvalue weighted by Gasteiger charge is -2.07. The lowest BCUT2D eigenvalue weighted by Crippen LogP contribution is -2.11. The fraction of sp³-hybridized carbons (Fsp3) is 0.364. The van der Waals surface area contributed by atoms with Crippen LogP contribution < -0.4 is 0 Å². The molecule has 0 aromatic heterocycles. The maximum absolute atomic E-state index is 11.2. The van der Waals surface area contributed by atoms with Gasteiger partial charge in [0.2, 0.25) is 0 Å². The molecule has 16 heavy (non-hydrogen) atoms. The predicted octanol–water partition coefficient (Wildman–Crippen LogP) is 2.29. The molecule has 0 atom stereocenters. The lowest BCUT2D eigenvalue weighted by atomic mass is 10.2. The van der Waals surface area contributed by atoms with Gasteiger partial charge in [-0.05, 0) is 6.07 Å². The summed E-state index contributed by atoms with van der Waals surface area (Å²) in [6.07, 6.45) is 0. The van der Waals surface area contributed by atoms with Crippen molar-refractivity contribution in [2.24, 2.45) is 5.92 Å². The summed E-state index contributed by atoms with van der Waals surface area (Å²) in [4.78, 5) is 21.4. The van der Waals surface area contributed by atoms with Crippen LogP contribution in [0.4, 0.5) is 5.69 Å². The van der Waals surface area contributed by atoms with E-state index in [0.717, 1.165) is 0 Å². The molecule has 1 rings (SSSR count). The molecule has 0 aliphatic heterocycles. The molecule has 0 saturated heterocycles. The van der Waals surface area contributed by atoms with Crippen LogP contribution in [0.15, 0.2) is 24.3 Å². The van der Waals surface area contributed by atoms with Crippen molar-refractivity contribution >= 4 is 11.7 Å². The Labute approximate surface area is 93.2 Å². The summed E-state index contributed by atoms with van der Waals surface area (Å²) in [6.45, 7) is 3.36. The maximum atomic E-state index is 11.2. The normalized spacial score (nSPS) is 10.2. The zero-order valence-corrected chi connectivity index (χ0v) is 9.17. The molecule has 0 radical (unpaired) electrons. The molecule has 0 aliphatic carbocycles. The zero-order valence-electron chi connectivity index (χ0n) is 9.17. The monoisotopic (exact) mass is 223 g/mol. The fourth-order valence-corrected chi connectivity index (χ4v) is 1.13. The number of nitro groups is 1. The number of benzene rings is 1. The van der Waals surface area contributed by atoms with Gasteiger partial charge in [0, 0.05) is 6.07 Å². The lowest BCUT2D eigenvalue weighted by molar-refractivity contribution is -0.385. The second-order valence-electron chi connectivity index (χ2n) is 3.65. The van der Waals surface area contributed by atoms with Crippen molar-refractivity contribution in [2.75, 3.05) is 0 Å². The molecule has 0 amide bonds. The molecule has 5 heteroatoms. The summed E-state index contributed by atoms with van der Waals surface area (Å²) in [5.41, 5.74) is 0.376. The molecule has 1 aromatic carbocycles. The topological polar surface area (TPSA) is 69.4 Å². The Morgan fingerprint density at radius 2 is 2.06 bits per heavy atom. The Morgan fingerprint density at radius 3 is 2.62 bits per heavy atom. The first-order chi connectivity index (χ1) is 7.52. The number of ether oxygens (including phenoxy) is 1. The van der Waals surface area contributed by atoms with E-state index in [1.165, 1.54) is 6.07 Å². The summed E-state index contributed by atoms with van der Waals surface area (Å²) in [7, 11) is 0. The first-order valence-electron chi connectivity index (χ1n) is 4.91. The van der Waals surface area contributed by atoms with Crippen molar-refractivity contribution in [1.29, 1.82) is 0 Å². The number of rotatable bonds is 4. The van der Waals surface area contributed by atoms with E-state index in [4.69, 9.17) is 4.74 Å². The van der Waals surface area contributed by atoms with E-state index in [0.29, 0.717) is 5.56 Å². The van der Waals surface area contributed by atoms with Crippen molar-refractivity contribution in [3.8, 4) is 0 Å². The largest absolute Gasteiger partial charge is 0.460 e. The Morgan fingerprint density at radius 1 is 1.44 bits per heavy atom. The SMILES string of the molecule is CC(C)C(=O)OCc1ccccc1[N+](=O)[O-]. The van der Waals surface area contributed by atoms with Gasteiger partial charge < -0.3 is 4.74 Å². The second kappa shape index (κ2) is 5.25. The molecule has 0 N–H and O–H groups in total. The van der Waals surface area contributed by atoms with Gasteiger partial charge in [-0.15, -0.1) is 0 Å². The number of nitro benzene ring substituents is 1. The van der Waals surface area contributed by atoms with Gasteiger partial charge in [0.05, 0.1) is 16.4 Å². The van der Waals surface area contributed by atoms with Gasteiger partial charge in [-0.1, -0.05) is 26.0 Å². The summed E-state index contributed by atoms with van der Waals surface area (Å²) < 4.78 is 4.94. The number of nitrogens with zero attached hydrogens (tertiary/aromatic N) is 1. The highest BCUT2D eigenvalue weighted by Crippen LogP contribution is 2.18. The fourth-order valence-electron chi connectivity index (χ4n) is 1.13. The van der Waals surface area contributed by atoms with E-state index in [1.807, 2.05) is 0 Å². The number of carbonyl (C=O) groups excluding carboxylic acids is 1. The minimum absolute atomic E-state index is 0.0287. The molecular formula is C11H13NO4. The number of carbonyl (C=O) groups is 1. The van der Waals surface area contributed by atoms with Crippen LogP contribution in [-0.2, 0) is 16.1 Å². The molecule has 0 heterocycles. The van der Waals surface area contributed by atoms with Crippen LogP contribution in [0.1, 0.15) is 19.4 Å². The predicted molar refractivity (Wildman–Crippen MR) is 57.7 cm³/mol. The number of hydrogen-bond acceptors (Lipinski definition) is 4. The van der Waals surface area contributed by atoms with Crippen LogP contribution >= 0.6 is 0 Å². The van der Waals surface area contributed by atoms with Crippen molar-refractivity contribution in [1.82, 2.24) is 0 Å². The van der Waals surface area contributed by atoms with Gasteiger partial charge in [-0.3, -0.25) is 14.9 Å². The average molecular weight is 223 g/mol. The van der Waals surface area contributed by atoms with Crippen molar-refractivity contribution in [3.05, 3.63) is 39.9 Å². The summed E-state index contributed by atoms with van der Waals surface area (Å²) in [6, 6.07) is 6.21. The van der Waals surface area contributed by atoms with Crippen molar-refractivity contribution < 1.29 is 14.5 Å². The Kier molecular flexibility index (Phi) is 3.99. The van der Waals surface area contributed by atoms with Crippen LogP contribution in [-0.4, -0.2) is 10.9 Å². The van der Waals surface area contributed by atoms with Gasteiger partial charge >= 0.3 is 5.97 Å². The third-order valence-corrected chi connectivity index (χ3v) is 2.03. The molecule has 1 aromatic rings. The van der Waals surface area contributed by atoms with Crippen LogP contribution in [0.2, 0.25) is 0 Å². The number of para-hydroxylation sites is 1. The maximum Gasteiger partial charge on any atom is 0.308 e. The van der Waals surface area contributed by atoms with Crippen LogP contribution in [0, 0.1) is 16.0 Å². The zero-order chi connectivity index (χ0) is 12.1. The van der Waals surface area contributed by atoms with Crippen LogP contribution in [0.5, 0.6) is 0 Å². The van der Waals surface area contributed by atoms with E-state index in [9.17, 15) is 14.9 Å². The molecule has 86 valence electrons. The minimum atomic E-state index is -0.488. The highest BCUT2D eigenvalue weighted by atomic mass is 16.6. The molecule has 0 saturated carbocycles. The van der Waals surface area contributed by atoms with Crippen molar-refractivity contribution in [2.45, 2.75) is 20.5 Å². The van der Waals surface area contributed by atoms with Crippen molar-refractivity contribution in [3.63, 3.8) is 0 Å². The smallest absolute Gasteiger partial charge is 0.308 e. The molecule has 0 bridgehead atoms. The Hall–Kier alpha value is -1.91. The Bertz CT molecular complexity index is 401. The van der Waals surface area contributed by atoms with Gasteiger partial charge in [-0.2, -0.15) is 0 Å². The highest BCUT2D eigenvalue weighted by Gasteiger charge is 2.15. The molecule has 0 unspecified atom stereocenters. The molecule has 0 fully saturated rings. The highest BCUT2D eigenvalue weighted by molar-refractivity contribution is 5.71. The van der Waals surface area contributed by atoms with E-state index >= 15 is 0 Å². The minimum Gasteiger partial charge on any atom is -0.460 e. The summed E-state index contributed by atoms with van der Waals surface area (Å²) >= 11 is 0. The van der Waals surface area contributed by atoms with Gasteiger partial charge in [-0.25, -0.2) is 0 Å². The van der Waals surface area contributed by atoms with Gasteiger partial charge in [0.1, 0.15) is 6.61 Å². The second-order valence-corrected chi connectivity index (χ2v) is 3.65. The van der Waals surface area contributed by atoms with E-state index in [2.05, 4.69) is 0 Å². The molecule has 0 spiro atoms. The van der Waals surface area contributed by atoms with Crippen LogP contribution in [0.3, 0.4) is 0 Å². The quantitative estimate of drug-likeness (QED) is 0.446. The van der Waals surface area contributed by atoms with Crippen LogP contribution in [0.25, 0.3) is 0 Å². The van der Waals surface area contributed by atoms with Gasteiger partial charge in [0.25, 0.3) is 5.69 Å². The number of hydrogen-bond donors (Lipinski definition) is 0. The van der Waals surface area contributed by atoms with E-state index < -0.39 is 4.92 Å².